The third kappa shape index (κ3) is 2.70. The van der Waals surface area contributed by atoms with Gasteiger partial charge in [0.1, 0.15) is 12.0 Å². The van der Waals surface area contributed by atoms with Gasteiger partial charge in [-0.25, -0.2) is 9.97 Å². The van der Waals surface area contributed by atoms with Crippen molar-refractivity contribution in [2.45, 2.75) is 12.3 Å². The van der Waals surface area contributed by atoms with E-state index in [2.05, 4.69) is 50.9 Å². The van der Waals surface area contributed by atoms with Crippen molar-refractivity contribution in [3.05, 3.63) is 47.4 Å². The lowest BCUT2D eigenvalue weighted by atomic mass is 10.1. The Morgan fingerprint density at radius 3 is 2.80 bits per heavy atom. The molecule has 1 aliphatic carbocycles. The van der Waals surface area contributed by atoms with E-state index >= 15 is 0 Å². The second-order valence-corrected chi connectivity index (χ2v) is 5.39. The number of nitrogens with one attached hydrogen (secondary N) is 2. The highest BCUT2D eigenvalue weighted by atomic mass is 35.5. The molecular weight excluding hydrogens is 272 g/mol. The van der Waals surface area contributed by atoms with Gasteiger partial charge in [0.2, 0.25) is 0 Å². The van der Waals surface area contributed by atoms with Crippen LogP contribution >= 0.6 is 11.6 Å². The molecule has 0 saturated heterocycles. The molecule has 104 valence electrons. The van der Waals surface area contributed by atoms with Gasteiger partial charge in [0, 0.05) is 13.6 Å². The zero-order valence-corrected chi connectivity index (χ0v) is 12.1. The van der Waals surface area contributed by atoms with Crippen molar-refractivity contribution >= 4 is 23.1 Å². The van der Waals surface area contributed by atoms with Gasteiger partial charge in [-0.15, -0.1) is 0 Å². The summed E-state index contributed by atoms with van der Waals surface area (Å²) in [5.74, 6) is 2.10. The molecule has 0 amide bonds. The number of hydrogen-bond acceptors (Lipinski definition) is 4. The summed E-state index contributed by atoms with van der Waals surface area (Å²) in [6.45, 7) is 0.904. The maximum absolute atomic E-state index is 6.03. The second kappa shape index (κ2) is 5.67. The maximum atomic E-state index is 6.03. The van der Waals surface area contributed by atoms with Gasteiger partial charge in [-0.05, 0) is 23.8 Å². The predicted molar refractivity (Wildman–Crippen MR) is 82.4 cm³/mol. The monoisotopic (exact) mass is 288 g/mol. The fourth-order valence-electron chi connectivity index (χ4n) is 2.53. The van der Waals surface area contributed by atoms with Crippen LogP contribution in [0.2, 0.25) is 5.15 Å². The van der Waals surface area contributed by atoms with E-state index < -0.39 is 0 Å². The minimum absolute atomic E-state index is 0.445. The average molecular weight is 289 g/mol. The molecule has 1 aromatic heterocycles. The minimum Gasteiger partial charge on any atom is -0.383 e. The Bertz CT molecular complexity index is 588. The van der Waals surface area contributed by atoms with Gasteiger partial charge in [0.15, 0.2) is 11.0 Å². The summed E-state index contributed by atoms with van der Waals surface area (Å²) in [6.07, 6.45) is 2.71. The molecule has 2 atom stereocenters. The van der Waals surface area contributed by atoms with Crippen molar-refractivity contribution in [2.75, 3.05) is 24.2 Å². The number of hydrogen-bond donors (Lipinski definition) is 2. The Kier molecular flexibility index (Phi) is 3.74. The molecule has 1 heterocycles. The number of benzene rings is 1. The zero-order valence-electron chi connectivity index (χ0n) is 11.3. The third-order valence-electron chi connectivity index (χ3n) is 3.73. The molecule has 0 radical (unpaired) electrons. The number of nitrogens with zero attached hydrogens (tertiary/aromatic N) is 2. The molecule has 20 heavy (non-hydrogen) atoms. The number of aromatic nitrogens is 2. The van der Waals surface area contributed by atoms with Crippen molar-refractivity contribution in [1.29, 1.82) is 0 Å². The quantitative estimate of drug-likeness (QED) is 0.828. The minimum atomic E-state index is 0.445. The Labute approximate surface area is 123 Å². The topological polar surface area (TPSA) is 49.8 Å². The van der Waals surface area contributed by atoms with Crippen molar-refractivity contribution in [3.63, 3.8) is 0 Å². The summed E-state index contributed by atoms with van der Waals surface area (Å²) in [5, 5.41) is 6.84. The molecule has 1 saturated carbocycles. The standard InChI is InChI=1S/C15H17ClN4/c1-17-13-14(16)19-9-20-15(13)18-8-11-7-12(11)10-5-3-2-4-6-10/h2-6,9,11-12,17H,7-8H2,1H3,(H,18,19,20). The molecular formula is C15H17ClN4. The largest absolute Gasteiger partial charge is 0.383 e. The summed E-state index contributed by atoms with van der Waals surface area (Å²) in [7, 11) is 1.82. The smallest absolute Gasteiger partial charge is 0.157 e. The summed E-state index contributed by atoms with van der Waals surface area (Å²) in [6, 6.07) is 10.7. The fourth-order valence-corrected chi connectivity index (χ4v) is 2.76. The maximum Gasteiger partial charge on any atom is 0.157 e. The van der Waals surface area contributed by atoms with E-state index in [0.717, 1.165) is 18.1 Å². The van der Waals surface area contributed by atoms with E-state index in [1.54, 1.807) is 0 Å². The number of halogens is 1. The average Bonchev–Trinajstić information content (AvgIpc) is 3.26. The molecule has 2 N–H and O–H groups in total. The van der Waals surface area contributed by atoms with E-state index in [0.29, 0.717) is 17.0 Å². The molecule has 1 aromatic carbocycles. The fraction of sp³-hybridized carbons (Fsp3) is 0.333. The first-order valence-corrected chi connectivity index (χ1v) is 7.14. The van der Waals surface area contributed by atoms with E-state index in [1.807, 2.05) is 7.05 Å². The van der Waals surface area contributed by atoms with Crippen LogP contribution in [0.25, 0.3) is 0 Å². The van der Waals surface area contributed by atoms with Gasteiger partial charge >= 0.3 is 0 Å². The molecule has 1 fully saturated rings. The lowest BCUT2D eigenvalue weighted by Gasteiger charge is -2.11. The van der Waals surface area contributed by atoms with Gasteiger partial charge in [-0.1, -0.05) is 41.9 Å². The van der Waals surface area contributed by atoms with Crippen LogP contribution in [0.1, 0.15) is 17.9 Å². The first-order valence-electron chi connectivity index (χ1n) is 6.76. The van der Waals surface area contributed by atoms with E-state index in [-0.39, 0.29) is 0 Å². The van der Waals surface area contributed by atoms with Crippen molar-refractivity contribution < 1.29 is 0 Å². The highest BCUT2D eigenvalue weighted by molar-refractivity contribution is 6.32. The highest BCUT2D eigenvalue weighted by Gasteiger charge is 2.37. The van der Waals surface area contributed by atoms with Crippen molar-refractivity contribution in [3.8, 4) is 0 Å². The van der Waals surface area contributed by atoms with Crippen LogP contribution in [0.4, 0.5) is 11.5 Å². The summed E-state index contributed by atoms with van der Waals surface area (Å²) >= 11 is 6.03. The Morgan fingerprint density at radius 1 is 1.25 bits per heavy atom. The second-order valence-electron chi connectivity index (χ2n) is 5.03. The van der Waals surface area contributed by atoms with E-state index in [9.17, 15) is 0 Å². The lowest BCUT2D eigenvalue weighted by Crippen LogP contribution is -2.09. The predicted octanol–water partition coefficient (Wildman–Crippen LogP) is 3.39. The normalized spacial score (nSPS) is 20.5. The molecule has 2 unspecified atom stereocenters. The Balaban J connectivity index is 1.61. The molecule has 0 spiro atoms. The van der Waals surface area contributed by atoms with Crippen LogP contribution < -0.4 is 10.6 Å². The van der Waals surface area contributed by atoms with Crippen molar-refractivity contribution in [2.24, 2.45) is 5.92 Å². The van der Waals surface area contributed by atoms with E-state index in [4.69, 9.17) is 11.6 Å². The van der Waals surface area contributed by atoms with Crippen molar-refractivity contribution in [1.82, 2.24) is 9.97 Å². The summed E-state index contributed by atoms with van der Waals surface area (Å²) in [4.78, 5) is 8.21. The highest BCUT2D eigenvalue weighted by Crippen LogP contribution is 2.47. The van der Waals surface area contributed by atoms with Crippen LogP contribution in [0.5, 0.6) is 0 Å². The van der Waals surface area contributed by atoms with Crippen LogP contribution in [-0.4, -0.2) is 23.6 Å². The molecule has 4 nitrogen and oxygen atoms in total. The lowest BCUT2D eigenvalue weighted by molar-refractivity contribution is 0.839. The zero-order chi connectivity index (χ0) is 13.9. The molecule has 2 aromatic rings. The van der Waals surface area contributed by atoms with Crippen LogP contribution in [0.15, 0.2) is 36.7 Å². The third-order valence-corrected chi connectivity index (χ3v) is 4.02. The first kappa shape index (κ1) is 13.2. The number of rotatable bonds is 5. The van der Waals surface area contributed by atoms with E-state index in [1.165, 1.54) is 18.3 Å². The summed E-state index contributed by atoms with van der Waals surface area (Å²) < 4.78 is 0. The van der Waals surface area contributed by atoms with Gasteiger partial charge in [-0.3, -0.25) is 0 Å². The first-order chi connectivity index (χ1) is 9.79. The van der Waals surface area contributed by atoms with Crippen LogP contribution in [-0.2, 0) is 0 Å². The molecule has 5 heteroatoms. The molecule has 3 rings (SSSR count). The SMILES string of the molecule is CNc1c(Cl)ncnc1NCC1CC1c1ccccc1. The molecule has 1 aliphatic rings. The Morgan fingerprint density at radius 2 is 2.05 bits per heavy atom. The van der Waals surface area contributed by atoms with Gasteiger partial charge < -0.3 is 10.6 Å². The van der Waals surface area contributed by atoms with Gasteiger partial charge in [0.25, 0.3) is 0 Å². The van der Waals surface area contributed by atoms with Gasteiger partial charge in [0.05, 0.1) is 0 Å². The molecule has 0 aliphatic heterocycles. The van der Waals surface area contributed by atoms with Crippen LogP contribution in [0.3, 0.4) is 0 Å². The summed E-state index contributed by atoms with van der Waals surface area (Å²) in [5.41, 5.74) is 2.18. The number of anilines is 2. The molecule has 0 bridgehead atoms. The van der Waals surface area contributed by atoms with Gasteiger partial charge in [-0.2, -0.15) is 0 Å². The Hall–Kier alpha value is -1.81. The van der Waals surface area contributed by atoms with Crippen LogP contribution in [0, 0.1) is 5.92 Å².